The summed E-state index contributed by atoms with van der Waals surface area (Å²) >= 11 is 0. The lowest BCUT2D eigenvalue weighted by Crippen LogP contribution is -2.19. The van der Waals surface area contributed by atoms with Gasteiger partial charge in [0, 0.05) is 35.5 Å². The lowest BCUT2D eigenvalue weighted by Gasteiger charge is -2.21. The molecule has 2 N–H and O–H groups in total. The molecule has 34 heavy (non-hydrogen) atoms. The highest BCUT2D eigenvalue weighted by molar-refractivity contribution is 6.04. The maximum atomic E-state index is 14.6. The Labute approximate surface area is 194 Å². The number of halogens is 2. The summed E-state index contributed by atoms with van der Waals surface area (Å²) in [6.07, 6.45) is 1.64. The number of phenols is 1. The first kappa shape index (κ1) is 22.1. The number of carboxylic acid groups (broad SMARTS) is 1. The third-order valence-electron chi connectivity index (χ3n) is 6.61. The molecular formula is C27H23F2NO4. The minimum atomic E-state index is -1.04. The van der Waals surface area contributed by atoms with E-state index in [2.05, 4.69) is 0 Å². The largest absolute Gasteiger partial charge is 0.507 e. The van der Waals surface area contributed by atoms with Crippen molar-refractivity contribution >= 4 is 16.9 Å². The predicted molar refractivity (Wildman–Crippen MR) is 125 cm³/mol. The summed E-state index contributed by atoms with van der Waals surface area (Å²) in [6, 6.07) is 13.5. The number of fused-ring (bicyclic) bond motifs is 1. The van der Waals surface area contributed by atoms with Gasteiger partial charge in [0.2, 0.25) is 0 Å². The predicted octanol–water partition coefficient (Wildman–Crippen LogP) is 5.97. The third kappa shape index (κ3) is 3.44. The standard InChI is InChI=1S/C27H23F2NO4/c1-15-11-19(7-8-20(15)29)30-21-12-18(28)13-22(31)24(21)23(25(30)27(9-10-27)14-34-2)16-3-5-17(6-4-16)26(32)33/h3-8,11-13,31H,9-10,14H2,1-2H3,(H,32,33). The number of methoxy groups -OCH3 is 1. The molecule has 0 amide bonds. The SMILES string of the molecule is COCC1(c2c(-c3ccc(C(=O)O)cc3)c3c(O)cc(F)cc3n2-c2ccc(F)c(C)c2)CC1. The molecule has 174 valence electrons. The van der Waals surface area contributed by atoms with Crippen LogP contribution in [-0.4, -0.2) is 34.5 Å². The highest BCUT2D eigenvalue weighted by Crippen LogP contribution is 2.56. The molecule has 3 aromatic carbocycles. The van der Waals surface area contributed by atoms with Gasteiger partial charge in [0.25, 0.3) is 0 Å². The van der Waals surface area contributed by atoms with E-state index in [1.807, 2.05) is 4.57 Å². The fourth-order valence-corrected chi connectivity index (χ4v) is 4.84. The number of nitrogens with zero attached hydrogens (tertiary/aromatic N) is 1. The zero-order valence-electron chi connectivity index (χ0n) is 18.7. The number of aromatic carboxylic acids is 1. The van der Waals surface area contributed by atoms with Crippen LogP contribution in [0, 0.1) is 18.6 Å². The Bertz CT molecular complexity index is 1440. The number of carboxylic acids is 1. The summed E-state index contributed by atoms with van der Waals surface area (Å²) in [5.41, 5.74) is 3.45. The van der Waals surface area contributed by atoms with E-state index < -0.39 is 11.8 Å². The van der Waals surface area contributed by atoms with Gasteiger partial charge in [-0.05, 0) is 67.3 Å². The molecule has 1 aliphatic carbocycles. The summed E-state index contributed by atoms with van der Waals surface area (Å²) in [4.78, 5) is 11.4. The minimum Gasteiger partial charge on any atom is -0.507 e. The Morgan fingerprint density at radius 3 is 2.38 bits per heavy atom. The van der Waals surface area contributed by atoms with Gasteiger partial charge < -0.3 is 19.5 Å². The van der Waals surface area contributed by atoms with Crippen molar-refractivity contribution in [1.82, 2.24) is 4.57 Å². The fourth-order valence-electron chi connectivity index (χ4n) is 4.84. The molecule has 0 aliphatic heterocycles. The van der Waals surface area contributed by atoms with Crippen LogP contribution >= 0.6 is 0 Å². The highest BCUT2D eigenvalue weighted by atomic mass is 19.1. The molecule has 0 spiro atoms. The zero-order chi connectivity index (χ0) is 24.2. The average Bonchev–Trinajstić information content (AvgIpc) is 3.49. The summed E-state index contributed by atoms with van der Waals surface area (Å²) in [5, 5.41) is 20.7. The van der Waals surface area contributed by atoms with Gasteiger partial charge >= 0.3 is 5.97 Å². The van der Waals surface area contributed by atoms with Crippen LogP contribution in [0.1, 0.15) is 34.5 Å². The quantitative estimate of drug-likeness (QED) is 0.370. The van der Waals surface area contributed by atoms with E-state index in [-0.39, 0.29) is 22.5 Å². The maximum absolute atomic E-state index is 14.6. The summed E-state index contributed by atoms with van der Waals surface area (Å²) in [7, 11) is 1.62. The van der Waals surface area contributed by atoms with Crippen molar-refractivity contribution in [2.45, 2.75) is 25.2 Å². The molecule has 0 saturated heterocycles. The van der Waals surface area contributed by atoms with Gasteiger partial charge in [0.05, 0.1) is 23.1 Å². The Hall–Kier alpha value is -3.71. The lowest BCUT2D eigenvalue weighted by atomic mass is 9.92. The van der Waals surface area contributed by atoms with Gasteiger partial charge in [-0.3, -0.25) is 0 Å². The number of aryl methyl sites for hydroxylation is 1. The van der Waals surface area contributed by atoms with E-state index in [1.165, 1.54) is 24.3 Å². The van der Waals surface area contributed by atoms with E-state index in [9.17, 15) is 23.8 Å². The number of hydrogen-bond acceptors (Lipinski definition) is 3. The van der Waals surface area contributed by atoms with Crippen LogP contribution in [0.2, 0.25) is 0 Å². The molecule has 5 rings (SSSR count). The number of aromatic hydroxyl groups is 1. The summed E-state index contributed by atoms with van der Waals surface area (Å²) in [5.74, 6) is -2.21. The number of rotatable bonds is 6. The molecule has 0 radical (unpaired) electrons. The number of phenolic OH excluding ortho intramolecular Hbond substituents is 1. The van der Waals surface area contributed by atoms with Crippen molar-refractivity contribution in [1.29, 1.82) is 0 Å². The number of hydrogen-bond donors (Lipinski definition) is 2. The maximum Gasteiger partial charge on any atom is 0.335 e. The van der Waals surface area contributed by atoms with Gasteiger partial charge in [0.1, 0.15) is 17.4 Å². The van der Waals surface area contributed by atoms with Gasteiger partial charge in [-0.2, -0.15) is 0 Å². The van der Waals surface area contributed by atoms with Crippen LogP contribution in [0.3, 0.4) is 0 Å². The van der Waals surface area contributed by atoms with Gasteiger partial charge in [0.15, 0.2) is 0 Å². The van der Waals surface area contributed by atoms with Gasteiger partial charge in [-0.15, -0.1) is 0 Å². The molecule has 0 bridgehead atoms. The summed E-state index contributed by atoms with van der Waals surface area (Å²) < 4.78 is 36.1. The van der Waals surface area contributed by atoms with E-state index in [0.29, 0.717) is 39.9 Å². The molecule has 7 heteroatoms. The minimum absolute atomic E-state index is 0.136. The van der Waals surface area contributed by atoms with Crippen molar-refractivity contribution in [3.05, 3.63) is 83.1 Å². The van der Waals surface area contributed by atoms with Crippen molar-refractivity contribution in [2.24, 2.45) is 0 Å². The second kappa shape index (κ2) is 7.95. The Balaban J connectivity index is 1.92. The Kier molecular flexibility index (Phi) is 5.17. The average molecular weight is 463 g/mol. The molecule has 1 fully saturated rings. The molecule has 1 saturated carbocycles. The van der Waals surface area contributed by atoms with Crippen molar-refractivity contribution < 1.29 is 28.5 Å². The first-order chi connectivity index (χ1) is 16.3. The second-order valence-corrected chi connectivity index (χ2v) is 8.91. The van der Waals surface area contributed by atoms with E-state index in [0.717, 1.165) is 24.6 Å². The second-order valence-electron chi connectivity index (χ2n) is 8.91. The first-order valence-corrected chi connectivity index (χ1v) is 10.9. The van der Waals surface area contributed by atoms with Crippen LogP contribution in [0.4, 0.5) is 8.78 Å². The van der Waals surface area contributed by atoms with Crippen molar-refractivity contribution in [2.75, 3.05) is 13.7 Å². The monoisotopic (exact) mass is 463 g/mol. The molecule has 5 nitrogen and oxygen atoms in total. The number of ether oxygens (including phenoxy) is 1. The highest BCUT2D eigenvalue weighted by Gasteiger charge is 2.49. The smallest absolute Gasteiger partial charge is 0.335 e. The zero-order valence-corrected chi connectivity index (χ0v) is 18.7. The topological polar surface area (TPSA) is 71.7 Å². The molecule has 1 aromatic heterocycles. The van der Waals surface area contributed by atoms with Gasteiger partial charge in [-0.1, -0.05) is 12.1 Å². The Morgan fingerprint density at radius 2 is 1.79 bits per heavy atom. The van der Waals surface area contributed by atoms with E-state index >= 15 is 0 Å². The van der Waals surface area contributed by atoms with Crippen LogP contribution in [0.5, 0.6) is 5.75 Å². The normalized spacial score (nSPS) is 14.5. The van der Waals surface area contributed by atoms with E-state index in [1.54, 1.807) is 38.3 Å². The number of aromatic nitrogens is 1. The summed E-state index contributed by atoms with van der Waals surface area (Å²) in [6.45, 7) is 2.07. The molecule has 1 aliphatic rings. The molecular weight excluding hydrogens is 440 g/mol. The fraction of sp³-hybridized carbons (Fsp3) is 0.222. The van der Waals surface area contributed by atoms with Crippen molar-refractivity contribution in [3.63, 3.8) is 0 Å². The van der Waals surface area contributed by atoms with Crippen LogP contribution in [-0.2, 0) is 10.2 Å². The van der Waals surface area contributed by atoms with Gasteiger partial charge in [-0.25, -0.2) is 13.6 Å². The molecule has 0 atom stereocenters. The Morgan fingerprint density at radius 1 is 1.09 bits per heavy atom. The third-order valence-corrected chi connectivity index (χ3v) is 6.61. The molecule has 4 aromatic rings. The van der Waals surface area contributed by atoms with Crippen LogP contribution < -0.4 is 0 Å². The molecule has 1 heterocycles. The lowest BCUT2D eigenvalue weighted by molar-refractivity contribution is 0.0697. The number of benzene rings is 3. The van der Waals surface area contributed by atoms with Crippen LogP contribution in [0.25, 0.3) is 27.7 Å². The van der Waals surface area contributed by atoms with E-state index in [4.69, 9.17) is 4.74 Å². The van der Waals surface area contributed by atoms with Crippen LogP contribution in [0.15, 0.2) is 54.6 Å². The first-order valence-electron chi connectivity index (χ1n) is 10.9. The molecule has 0 unspecified atom stereocenters. The van der Waals surface area contributed by atoms with Crippen molar-refractivity contribution in [3.8, 4) is 22.6 Å². The number of carbonyl (C=O) groups is 1.